The summed E-state index contributed by atoms with van der Waals surface area (Å²) < 4.78 is 17.6. The van der Waals surface area contributed by atoms with Crippen LogP contribution in [0.1, 0.15) is 45.3 Å². The van der Waals surface area contributed by atoms with Crippen molar-refractivity contribution in [3.05, 3.63) is 88.2 Å². The van der Waals surface area contributed by atoms with Crippen LogP contribution in [0, 0.1) is 5.82 Å². The number of fused-ring (bicyclic) bond motifs is 2. The zero-order valence-corrected chi connectivity index (χ0v) is 25.7. The van der Waals surface area contributed by atoms with Crippen molar-refractivity contribution in [2.45, 2.75) is 38.5 Å². The number of carbonyl (C=O) groups is 2. The van der Waals surface area contributed by atoms with E-state index in [0.29, 0.717) is 22.0 Å². The minimum absolute atomic E-state index is 0. The Hall–Kier alpha value is -3.35. The Bertz CT molecular complexity index is 1610. The Morgan fingerprint density at radius 2 is 1.86 bits per heavy atom. The summed E-state index contributed by atoms with van der Waals surface area (Å²) in [6.07, 6.45) is 5.05. The third kappa shape index (κ3) is 6.05. The summed E-state index contributed by atoms with van der Waals surface area (Å²) in [7, 11) is 0. The van der Waals surface area contributed by atoms with E-state index in [9.17, 15) is 9.59 Å². The van der Waals surface area contributed by atoms with Crippen molar-refractivity contribution in [1.82, 2.24) is 29.7 Å². The average Bonchev–Trinajstić information content (AvgIpc) is 3.78. The van der Waals surface area contributed by atoms with Crippen LogP contribution in [0.25, 0.3) is 11.1 Å². The molecule has 4 aromatic rings. The smallest absolute Gasteiger partial charge is 0.255 e. The van der Waals surface area contributed by atoms with Crippen LogP contribution in [-0.4, -0.2) is 62.3 Å². The lowest BCUT2D eigenvalue weighted by Crippen LogP contribution is -2.42. The van der Waals surface area contributed by atoms with Crippen LogP contribution in [-0.2, 0) is 30.8 Å². The lowest BCUT2D eigenvalue weighted by atomic mass is 9.99. The van der Waals surface area contributed by atoms with Gasteiger partial charge < -0.3 is 14.8 Å². The number of benzene rings is 2. The number of halogens is 3. The number of aromatic nitrogens is 3. The minimum atomic E-state index is -1.000. The molecule has 0 saturated carbocycles. The van der Waals surface area contributed by atoms with Gasteiger partial charge in [-0.25, -0.2) is 14.4 Å². The van der Waals surface area contributed by atoms with Gasteiger partial charge in [-0.05, 0) is 41.7 Å². The van der Waals surface area contributed by atoms with Crippen LogP contribution in [0.4, 0.5) is 9.52 Å². The molecule has 0 aliphatic carbocycles. The molecule has 1 fully saturated rings. The van der Waals surface area contributed by atoms with Crippen molar-refractivity contribution in [2.24, 2.45) is 0 Å². The number of aryl methyl sites for hydroxylation is 1. The van der Waals surface area contributed by atoms with Gasteiger partial charge in [-0.3, -0.25) is 19.8 Å². The van der Waals surface area contributed by atoms with Gasteiger partial charge in [0.1, 0.15) is 5.82 Å². The van der Waals surface area contributed by atoms with Crippen LogP contribution >= 0.6 is 36.2 Å². The molecule has 2 aromatic heterocycles. The normalized spacial score (nSPS) is 16.7. The van der Waals surface area contributed by atoms with E-state index in [1.807, 2.05) is 16.7 Å². The molecular formula is C30H32Cl2FN7O2S. The van der Waals surface area contributed by atoms with E-state index in [0.717, 1.165) is 63.4 Å². The van der Waals surface area contributed by atoms with Crippen LogP contribution in [0.2, 0.25) is 0 Å². The first kappa shape index (κ1) is 31.1. The zero-order valence-electron chi connectivity index (χ0n) is 23.3. The molecule has 0 bridgehead atoms. The summed E-state index contributed by atoms with van der Waals surface area (Å²) in [5.41, 5.74) is 4.74. The van der Waals surface area contributed by atoms with Gasteiger partial charge >= 0.3 is 0 Å². The van der Waals surface area contributed by atoms with Gasteiger partial charge in [0.25, 0.3) is 11.8 Å². The van der Waals surface area contributed by atoms with Crippen molar-refractivity contribution in [2.75, 3.05) is 31.5 Å². The van der Waals surface area contributed by atoms with Crippen LogP contribution < -0.4 is 10.6 Å². The first-order valence-electron chi connectivity index (χ1n) is 13.9. The second kappa shape index (κ2) is 13.1. The number of imidazole rings is 1. The second-order valence-corrected chi connectivity index (χ2v) is 11.6. The summed E-state index contributed by atoms with van der Waals surface area (Å²) in [6, 6.07) is 10.3. The number of anilines is 1. The van der Waals surface area contributed by atoms with Gasteiger partial charge in [-0.15, -0.1) is 36.2 Å². The second-order valence-electron chi connectivity index (χ2n) is 10.7. The SMILES string of the molecule is Cl.Cl.O=C(Nc1nccs1)C(c1ncn2c1CCC2)N1Cc2c(F)cc(-c3ccc(CN4CCNCC4)cc3)cc2C1=O. The highest BCUT2D eigenvalue weighted by molar-refractivity contribution is 7.13. The number of nitrogens with one attached hydrogen (secondary N) is 2. The molecule has 1 saturated heterocycles. The summed E-state index contributed by atoms with van der Waals surface area (Å²) >= 11 is 1.30. The third-order valence-electron chi connectivity index (χ3n) is 8.19. The molecule has 2 aromatic carbocycles. The molecule has 43 heavy (non-hydrogen) atoms. The zero-order chi connectivity index (χ0) is 27.9. The highest BCUT2D eigenvalue weighted by Gasteiger charge is 2.42. The fourth-order valence-electron chi connectivity index (χ4n) is 6.10. The average molecular weight is 645 g/mol. The number of carbonyl (C=O) groups excluding carboxylic acids is 2. The molecular weight excluding hydrogens is 612 g/mol. The molecule has 0 radical (unpaired) electrons. The predicted octanol–water partition coefficient (Wildman–Crippen LogP) is 4.68. The highest BCUT2D eigenvalue weighted by atomic mass is 35.5. The summed E-state index contributed by atoms with van der Waals surface area (Å²) in [5.74, 6) is -1.24. The van der Waals surface area contributed by atoms with E-state index in [-0.39, 0.29) is 42.8 Å². The topological polar surface area (TPSA) is 95.4 Å². The van der Waals surface area contributed by atoms with Crippen molar-refractivity contribution in [3.63, 3.8) is 0 Å². The minimum Gasteiger partial charge on any atom is -0.334 e. The van der Waals surface area contributed by atoms with E-state index in [4.69, 9.17) is 0 Å². The molecule has 7 rings (SSSR count). The first-order valence-corrected chi connectivity index (χ1v) is 14.8. The maximum Gasteiger partial charge on any atom is 0.255 e. The molecule has 1 atom stereocenters. The van der Waals surface area contributed by atoms with Gasteiger partial charge in [0.15, 0.2) is 11.2 Å². The van der Waals surface area contributed by atoms with Crippen LogP contribution in [0.15, 0.2) is 54.3 Å². The van der Waals surface area contributed by atoms with E-state index < -0.39 is 17.8 Å². The van der Waals surface area contributed by atoms with Gasteiger partial charge in [0, 0.05) is 67.7 Å². The van der Waals surface area contributed by atoms with E-state index in [1.54, 1.807) is 24.0 Å². The number of hydrogen-bond donors (Lipinski definition) is 2. The summed E-state index contributed by atoms with van der Waals surface area (Å²) in [4.78, 5) is 40.1. The summed E-state index contributed by atoms with van der Waals surface area (Å²) in [5, 5.41) is 8.41. The highest BCUT2D eigenvalue weighted by Crippen LogP contribution is 2.38. The molecule has 3 aliphatic rings. The van der Waals surface area contributed by atoms with Crippen LogP contribution in [0.5, 0.6) is 0 Å². The molecule has 0 spiro atoms. The van der Waals surface area contributed by atoms with Crippen molar-refractivity contribution in [1.29, 1.82) is 0 Å². The van der Waals surface area contributed by atoms with Crippen molar-refractivity contribution in [3.8, 4) is 11.1 Å². The fourth-order valence-corrected chi connectivity index (χ4v) is 6.63. The Kier molecular flexibility index (Phi) is 9.48. The number of rotatable bonds is 7. The van der Waals surface area contributed by atoms with Crippen molar-refractivity contribution < 1.29 is 14.0 Å². The van der Waals surface area contributed by atoms with Gasteiger partial charge in [-0.1, -0.05) is 24.3 Å². The van der Waals surface area contributed by atoms with Gasteiger partial charge in [-0.2, -0.15) is 0 Å². The van der Waals surface area contributed by atoms with E-state index in [2.05, 4.69) is 37.6 Å². The fraction of sp³-hybridized carbons (Fsp3) is 0.333. The monoisotopic (exact) mass is 643 g/mol. The molecule has 5 heterocycles. The Morgan fingerprint density at radius 3 is 2.60 bits per heavy atom. The number of amides is 2. The molecule has 2 N–H and O–H groups in total. The molecule has 13 heteroatoms. The van der Waals surface area contributed by atoms with Crippen molar-refractivity contribution >= 4 is 53.1 Å². The molecule has 1 unspecified atom stereocenters. The molecule has 3 aliphatic heterocycles. The molecule has 2 amide bonds. The maximum atomic E-state index is 15.6. The van der Waals surface area contributed by atoms with Crippen LogP contribution in [0.3, 0.4) is 0 Å². The molecule has 226 valence electrons. The Balaban J connectivity index is 0.00000184. The quantitative estimate of drug-likeness (QED) is 0.304. The third-order valence-corrected chi connectivity index (χ3v) is 8.88. The number of hydrogen-bond acceptors (Lipinski definition) is 7. The number of thiazole rings is 1. The Morgan fingerprint density at radius 1 is 1.07 bits per heavy atom. The van der Waals surface area contributed by atoms with E-state index >= 15 is 4.39 Å². The van der Waals surface area contributed by atoms with Gasteiger partial charge in [0.2, 0.25) is 0 Å². The molecule has 9 nitrogen and oxygen atoms in total. The lowest BCUT2D eigenvalue weighted by molar-refractivity contribution is -0.121. The number of nitrogens with zero attached hydrogens (tertiary/aromatic N) is 5. The number of piperazine rings is 1. The van der Waals surface area contributed by atoms with Gasteiger partial charge in [0.05, 0.1) is 18.6 Å². The predicted molar refractivity (Wildman–Crippen MR) is 168 cm³/mol. The Labute approximate surface area is 265 Å². The lowest BCUT2D eigenvalue weighted by Gasteiger charge is -2.27. The largest absolute Gasteiger partial charge is 0.334 e. The standard InChI is InChI=1S/C30H30FN7O2S.2ClH/c31-24-15-21(20-5-3-19(4-6-20)16-36-11-7-32-8-12-36)14-22-23(24)17-38(29(22)40)27(28(39)35-30-33-9-13-41-30)26-25-2-1-10-37(25)18-34-26;;/h3-6,9,13-15,18,27,32H,1-2,7-8,10-12,16-17H2,(H,33,35,39);2*1H. The van der Waals surface area contributed by atoms with E-state index in [1.165, 1.54) is 27.9 Å². The maximum absolute atomic E-state index is 15.6. The first-order chi connectivity index (χ1) is 20.0. The summed E-state index contributed by atoms with van der Waals surface area (Å²) in [6.45, 7) is 5.70.